The molecule has 1 atom stereocenters. The molecule has 1 aliphatic heterocycles. The standard InChI is InChI=1S/C19H21ClN2O6S/c1-12(19(23)21-10-13-4-6-17-18(8-13)28-11-27-17)22(29(3,24)25)14-5-7-16(26-2)15(20)9-14/h4-9,12H,10-11H2,1-3H3,(H,21,23)/t12-/m0/s1. The summed E-state index contributed by atoms with van der Waals surface area (Å²) in [7, 11) is -2.29. The second-order valence-electron chi connectivity index (χ2n) is 6.46. The number of nitrogens with zero attached hydrogens (tertiary/aromatic N) is 1. The van der Waals surface area contributed by atoms with Gasteiger partial charge in [0.25, 0.3) is 0 Å². The first-order valence-electron chi connectivity index (χ1n) is 8.70. The van der Waals surface area contributed by atoms with Crippen LogP contribution in [0.3, 0.4) is 0 Å². The van der Waals surface area contributed by atoms with Gasteiger partial charge >= 0.3 is 0 Å². The Morgan fingerprint density at radius 2 is 1.97 bits per heavy atom. The molecule has 0 fully saturated rings. The second-order valence-corrected chi connectivity index (χ2v) is 8.73. The fourth-order valence-electron chi connectivity index (χ4n) is 2.99. The number of anilines is 1. The molecule has 0 saturated heterocycles. The molecule has 1 aliphatic rings. The van der Waals surface area contributed by atoms with Gasteiger partial charge in [0.1, 0.15) is 11.8 Å². The van der Waals surface area contributed by atoms with Crippen molar-refractivity contribution in [2.75, 3.05) is 24.5 Å². The highest BCUT2D eigenvalue weighted by atomic mass is 35.5. The number of hydrogen-bond donors (Lipinski definition) is 1. The van der Waals surface area contributed by atoms with E-state index in [1.54, 1.807) is 24.3 Å². The first kappa shape index (κ1) is 21.1. The summed E-state index contributed by atoms with van der Waals surface area (Å²) in [6.45, 7) is 1.88. The molecular weight excluding hydrogens is 420 g/mol. The highest BCUT2D eigenvalue weighted by Gasteiger charge is 2.29. The van der Waals surface area contributed by atoms with Crippen molar-refractivity contribution in [3.63, 3.8) is 0 Å². The maximum absolute atomic E-state index is 12.7. The Morgan fingerprint density at radius 3 is 2.62 bits per heavy atom. The molecule has 156 valence electrons. The van der Waals surface area contributed by atoms with Crippen LogP contribution in [0.4, 0.5) is 5.69 Å². The summed E-state index contributed by atoms with van der Waals surface area (Å²) < 4.78 is 41.5. The van der Waals surface area contributed by atoms with Crippen molar-refractivity contribution in [1.29, 1.82) is 0 Å². The fraction of sp³-hybridized carbons (Fsp3) is 0.316. The van der Waals surface area contributed by atoms with Gasteiger partial charge < -0.3 is 19.5 Å². The number of benzene rings is 2. The van der Waals surface area contributed by atoms with Crippen LogP contribution in [0.5, 0.6) is 17.2 Å². The zero-order valence-corrected chi connectivity index (χ0v) is 17.7. The minimum absolute atomic E-state index is 0.163. The maximum Gasteiger partial charge on any atom is 0.243 e. The molecule has 0 radical (unpaired) electrons. The van der Waals surface area contributed by atoms with Gasteiger partial charge in [-0.05, 0) is 42.8 Å². The van der Waals surface area contributed by atoms with E-state index in [-0.39, 0.29) is 24.0 Å². The lowest BCUT2D eigenvalue weighted by atomic mass is 10.2. The fourth-order valence-corrected chi connectivity index (χ4v) is 4.41. The molecule has 29 heavy (non-hydrogen) atoms. The predicted molar refractivity (Wildman–Crippen MR) is 109 cm³/mol. The minimum Gasteiger partial charge on any atom is -0.495 e. The van der Waals surface area contributed by atoms with Crippen molar-refractivity contribution in [2.45, 2.75) is 19.5 Å². The van der Waals surface area contributed by atoms with Crippen molar-refractivity contribution in [3.8, 4) is 17.2 Å². The molecular formula is C19H21ClN2O6S. The SMILES string of the molecule is COc1ccc(N([C@@H](C)C(=O)NCc2ccc3c(c2)OCO3)S(C)(=O)=O)cc1Cl. The molecule has 3 rings (SSSR count). The zero-order chi connectivity index (χ0) is 21.2. The van der Waals surface area contributed by atoms with Gasteiger partial charge in [0.2, 0.25) is 22.7 Å². The number of methoxy groups -OCH3 is 1. The molecule has 1 N–H and O–H groups in total. The van der Waals surface area contributed by atoms with E-state index in [4.69, 9.17) is 25.8 Å². The second kappa shape index (κ2) is 8.38. The lowest BCUT2D eigenvalue weighted by Gasteiger charge is -2.28. The van der Waals surface area contributed by atoms with E-state index in [1.807, 2.05) is 0 Å². The minimum atomic E-state index is -3.75. The van der Waals surface area contributed by atoms with Crippen LogP contribution in [-0.4, -0.2) is 40.5 Å². The van der Waals surface area contributed by atoms with E-state index in [0.29, 0.717) is 17.2 Å². The quantitative estimate of drug-likeness (QED) is 0.711. The molecule has 1 amide bonds. The number of rotatable bonds is 7. The van der Waals surface area contributed by atoms with Crippen LogP contribution in [0, 0.1) is 0 Å². The third kappa shape index (κ3) is 4.68. The molecule has 10 heteroatoms. The van der Waals surface area contributed by atoms with Gasteiger partial charge in [-0.15, -0.1) is 0 Å². The highest BCUT2D eigenvalue weighted by Crippen LogP contribution is 2.33. The molecule has 1 heterocycles. The highest BCUT2D eigenvalue weighted by molar-refractivity contribution is 7.92. The van der Waals surface area contributed by atoms with Gasteiger partial charge in [0.15, 0.2) is 11.5 Å². The van der Waals surface area contributed by atoms with E-state index in [0.717, 1.165) is 16.1 Å². The Bertz CT molecular complexity index is 1030. The van der Waals surface area contributed by atoms with Crippen LogP contribution >= 0.6 is 11.6 Å². The molecule has 0 aliphatic carbocycles. The van der Waals surface area contributed by atoms with Gasteiger partial charge in [-0.25, -0.2) is 8.42 Å². The maximum atomic E-state index is 12.7. The smallest absolute Gasteiger partial charge is 0.243 e. The molecule has 8 nitrogen and oxygen atoms in total. The number of carbonyl (C=O) groups is 1. The molecule has 2 aromatic carbocycles. The summed E-state index contributed by atoms with van der Waals surface area (Å²) in [5.41, 5.74) is 1.07. The molecule has 0 saturated carbocycles. The van der Waals surface area contributed by atoms with Crippen LogP contribution in [0.25, 0.3) is 0 Å². The van der Waals surface area contributed by atoms with Crippen LogP contribution in [0.1, 0.15) is 12.5 Å². The Hall–Kier alpha value is -2.65. The summed E-state index contributed by atoms with van der Waals surface area (Å²) in [5.74, 6) is 1.20. The topological polar surface area (TPSA) is 94.2 Å². The number of fused-ring (bicyclic) bond motifs is 1. The van der Waals surface area contributed by atoms with Crippen LogP contribution in [0.2, 0.25) is 5.02 Å². The Labute approximate surface area is 174 Å². The third-order valence-corrected chi connectivity index (χ3v) is 5.92. The summed E-state index contributed by atoms with van der Waals surface area (Å²) >= 11 is 6.13. The van der Waals surface area contributed by atoms with Crippen molar-refractivity contribution in [3.05, 3.63) is 47.0 Å². The van der Waals surface area contributed by atoms with Crippen LogP contribution in [0.15, 0.2) is 36.4 Å². The van der Waals surface area contributed by atoms with E-state index < -0.39 is 22.0 Å². The number of hydrogen-bond acceptors (Lipinski definition) is 6. The van der Waals surface area contributed by atoms with Crippen LogP contribution < -0.4 is 23.8 Å². The lowest BCUT2D eigenvalue weighted by Crippen LogP contribution is -2.47. The van der Waals surface area contributed by atoms with E-state index in [2.05, 4.69) is 5.32 Å². The van der Waals surface area contributed by atoms with Crippen LogP contribution in [-0.2, 0) is 21.4 Å². The monoisotopic (exact) mass is 440 g/mol. The van der Waals surface area contributed by atoms with E-state index >= 15 is 0 Å². The third-order valence-electron chi connectivity index (χ3n) is 4.38. The lowest BCUT2D eigenvalue weighted by molar-refractivity contribution is -0.122. The first-order chi connectivity index (χ1) is 13.7. The molecule has 0 unspecified atom stereocenters. The average molecular weight is 441 g/mol. The summed E-state index contributed by atoms with van der Waals surface area (Å²) in [6, 6.07) is 8.86. The van der Waals surface area contributed by atoms with Crippen molar-refractivity contribution in [2.24, 2.45) is 0 Å². The number of nitrogens with one attached hydrogen (secondary N) is 1. The number of ether oxygens (including phenoxy) is 3. The normalized spacial score (nSPS) is 13.7. The Kier molecular flexibility index (Phi) is 6.09. The number of carbonyl (C=O) groups excluding carboxylic acids is 1. The molecule has 0 bridgehead atoms. The van der Waals surface area contributed by atoms with Crippen molar-refractivity contribution >= 4 is 33.2 Å². The Morgan fingerprint density at radius 1 is 1.24 bits per heavy atom. The van der Waals surface area contributed by atoms with E-state index in [9.17, 15) is 13.2 Å². The van der Waals surface area contributed by atoms with Gasteiger partial charge in [0.05, 0.1) is 24.1 Å². The van der Waals surface area contributed by atoms with E-state index in [1.165, 1.54) is 26.2 Å². The van der Waals surface area contributed by atoms with Gasteiger partial charge in [0, 0.05) is 6.54 Å². The van der Waals surface area contributed by atoms with Gasteiger partial charge in [-0.1, -0.05) is 17.7 Å². The molecule has 0 spiro atoms. The predicted octanol–water partition coefficient (Wildman–Crippen LogP) is 2.55. The molecule has 0 aromatic heterocycles. The van der Waals surface area contributed by atoms with Crippen molar-refractivity contribution in [1.82, 2.24) is 5.32 Å². The number of halogens is 1. The summed E-state index contributed by atoms with van der Waals surface area (Å²) in [6.07, 6.45) is 1.03. The van der Waals surface area contributed by atoms with Gasteiger partial charge in [-0.3, -0.25) is 9.10 Å². The number of sulfonamides is 1. The Balaban J connectivity index is 1.76. The average Bonchev–Trinajstić information content (AvgIpc) is 3.13. The van der Waals surface area contributed by atoms with Gasteiger partial charge in [-0.2, -0.15) is 0 Å². The first-order valence-corrected chi connectivity index (χ1v) is 10.9. The number of amides is 1. The largest absolute Gasteiger partial charge is 0.495 e. The summed E-state index contributed by atoms with van der Waals surface area (Å²) in [4.78, 5) is 12.7. The zero-order valence-electron chi connectivity index (χ0n) is 16.1. The summed E-state index contributed by atoms with van der Waals surface area (Å²) in [5, 5.41) is 2.99. The van der Waals surface area contributed by atoms with Crippen molar-refractivity contribution < 1.29 is 27.4 Å². The molecule has 2 aromatic rings.